The number of nitrogens with one attached hydrogen (secondary N) is 2. The standard InChI is InChI=1S/C23H29N3O3S/c1-13-5-7-15(29-13)12-24-19(27)10-9-18-25-21(28)20-16-8-6-14(23(2,3)4)11-17(16)30-22(20)26-18/h5,7,14H,6,8-12H2,1-4H3,(H,24,27)(H,25,26,28). The molecule has 0 aromatic carbocycles. The smallest absolute Gasteiger partial charge is 0.259 e. The number of rotatable bonds is 5. The molecule has 160 valence electrons. The largest absolute Gasteiger partial charge is 0.465 e. The minimum absolute atomic E-state index is 0.0758. The van der Waals surface area contributed by atoms with Crippen LogP contribution in [-0.4, -0.2) is 15.9 Å². The van der Waals surface area contributed by atoms with E-state index in [1.54, 1.807) is 11.3 Å². The number of amides is 1. The van der Waals surface area contributed by atoms with Gasteiger partial charge in [0.1, 0.15) is 22.2 Å². The normalized spacial score (nSPS) is 16.6. The van der Waals surface area contributed by atoms with Gasteiger partial charge < -0.3 is 14.7 Å². The van der Waals surface area contributed by atoms with Crippen molar-refractivity contribution in [1.29, 1.82) is 0 Å². The van der Waals surface area contributed by atoms with Crippen LogP contribution in [-0.2, 0) is 30.6 Å². The monoisotopic (exact) mass is 427 g/mol. The van der Waals surface area contributed by atoms with Gasteiger partial charge in [0.2, 0.25) is 5.91 Å². The van der Waals surface area contributed by atoms with Gasteiger partial charge in [0.05, 0.1) is 11.9 Å². The Labute approximate surface area is 180 Å². The third-order valence-corrected chi connectivity index (χ3v) is 7.19. The van der Waals surface area contributed by atoms with Crippen molar-refractivity contribution in [3.05, 3.63) is 50.3 Å². The summed E-state index contributed by atoms with van der Waals surface area (Å²) >= 11 is 1.65. The molecule has 1 amide bonds. The topological polar surface area (TPSA) is 88.0 Å². The lowest BCUT2D eigenvalue weighted by atomic mass is 9.72. The lowest BCUT2D eigenvalue weighted by molar-refractivity contribution is -0.121. The van der Waals surface area contributed by atoms with Crippen LogP contribution in [0.3, 0.4) is 0 Å². The van der Waals surface area contributed by atoms with E-state index < -0.39 is 0 Å². The zero-order valence-electron chi connectivity index (χ0n) is 18.1. The average molecular weight is 428 g/mol. The van der Waals surface area contributed by atoms with Gasteiger partial charge in [0.25, 0.3) is 5.56 Å². The van der Waals surface area contributed by atoms with Gasteiger partial charge in [-0.15, -0.1) is 11.3 Å². The summed E-state index contributed by atoms with van der Waals surface area (Å²) in [6.07, 6.45) is 3.74. The van der Waals surface area contributed by atoms with Crippen LogP contribution >= 0.6 is 11.3 Å². The highest BCUT2D eigenvalue weighted by atomic mass is 32.1. The number of hydrogen-bond donors (Lipinski definition) is 2. The summed E-state index contributed by atoms with van der Waals surface area (Å²) in [7, 11) is 0. The van der Waals surface area contributed by atoms with Crippen molar-refractivity contribution in [2.24, 2.45) is 11.3 Å². The molecule has 3 heterocycles. The quantitative estimate of drug-likeness (QED) is 0.636. The fourth-order valence-electron chi connectivity index (χ4n) is 4.17. The Balaban J connectivity index is 1.44. The van der Waals surface area contributed by atoms with E-state index in [-0.39, 0.29) is 23.3 Å². The van der Waals surface area contributed by atoms with Crippen LogP contribution in [0.5, 0.6) is 0 Å². The van der Waals surface area contributed by atoms with Crippen molar-refractivity contribution in [2.45, 2.75) is 66.3 Å². The number of nitrogens with zero attached hydrogens (tertiary/aromatic N) is 1. The summed E-state index contributed by atoms with van der Waals surface area (Å²) in [6, 6.07) is 3.72. The molecule has 1 unspecified atom stereocenters. The highest BCUT2D eigenvalue weighted by Gasteiger charge is 2.31. The number of aromatic amines is 1. The predicted molar refractivity (Wildman–Crippen MR) is 119 cm³/mol. The number of fused-ring (bicyclic) bond motifs is 3. The van der Waals surface area contributed by atoms with E-state index >= 15 is 0 Å². The molecule has 3 aromatic heterocycles. The Morgan fingerprint density at radius 2 is 2.17 bits per heavy atom. The highest BCUT2D eigenvalue weighted by molar-refractivity contribution is 7.18. The fourth-order valence-corrected chi connectivity index (χ4v) is 5.49. The van der Waals surface area contributed by atoms with Crippen LogP contribution in [0, 0.1) is 18.3 Å². The van der Waals surface area contributed by atoms with Crippen molar-refractivity contribution in [2.75, 3.05) is 0 Å². The minimum atomic E-state index is -0.0923. The summed E-state index contributed by atoms with van der Waals surface area (Å²) in [6.45, 7) is 9.10. The number of H-pyrrole nitrogens is 1. The van der Waals surface area contributed by atoms with Crippen LogP contribution in [0.25, 0.3) is 10.2 Å². The number of aromatic nitrogens is 2. The van der Waals surface area contributed by atoms with Gasteiger partial charge in [-0.3, -0.25) is 9.59 Å². The molecule has 1 aliphatic carbocycles. The first-order chi connectivity index (χ1) is 14.2. The third kappa shape index (κ3) is 4.36. The molecule has 0 spiro atoms. The van der Waals surface area contributed by atoms with E-state index in [4.69, 9.17) is 4.42 Å². The van der Waals surface area contributed by atoms with Crippen molar-refractivity contribution in [3.8, 4) is 0 Å². The van der Waals surface area contributed by atoms with Crippen molar-refractivity contribution in [1.82, 2.24) is 15.3 Å². The van der Waals surface area contributed by atoms with Gasteiger partial charge in [-0.05, 0) is 55.2 Å². The molecular weight excluding hydrogens is 398 g/mol. The molecule has 6 nitrogen and oxygen atoms in total. The van der Waals surface area contributed by atoms with Crippen LogP contribution in [0.2, 0.25) is 0 Å². The van der Waals surface area contributed by atoms with E-state index in [9.17, 15) is 9.59 Å². The predicted octanol–water partition coefficient (Wildman–Crippen LogP) is 4.29. The fraction of sp³-hybridized carbons (Fsp3) is 0.522. The van der Waals surface area contributed by atoms with Gasteiger partial charge in [-0.1, -0.05) is 20.8 Å². The molecule has 1 atom stereocenters. The second-order valence-electron chi connectivity index (χ2n) is 9.29. The SMILES string of the molecule is Cc1ccc(CNC(=O)CCc2nc3sc4c(c3c(=O)[nH]2)CCC(C(C)(C)C)C4)o1. The first-order valence-corrected chi connectivity index (χ1v) is 11.4. The number of carbonyl (C=O) groups excluding carboxylic acids is 1. The third-order valence-electron chi connectivity index (χ3n) is 6.04. The molecule has 1 aliphatic rings. The first-order valence-electron chi connectivity index (χ1n) is 10.6. The maximum absolute atomic E-state index is 12.8. The summed E-state index contributed by atoms with van der Waals surface area (Å²) in [5, 5.41) is 3.60. The maximum atomic E-state index is 12.8. The lowest BCUT2D eigenvalue weighted by Gasteiger charge is -2.33. The molecule has 4 rings (SSSR count). The zero-order chi connectivity index (χ0) is 21.5. The van der Waals surface area contributed by atoms with Gasteiger partial charge in [-0.2, -0.15) is 0 Å². The van der Waals surface area contributed by atoms with Crippen molar-refractivity contribution < 1.29 is 9.21 Å². The molecule has 0 radical (unpaired) electrons. The summed E-state index contributed by atoms with van der Waals surface area (Å²) < 4.78 is 5.46. The van der Waals surface area contributed by atoms with E-state index in [2.05, 4.69) is 36.1 Å². The summed E-state index contributed by atoms with van der Waals surface area (Å²) in [5.74, 6) is 2.65. The minimum Gasteiger partial charge on any atom is -0.465 e. The van der Waals surface area contributed by atoms with Crippen molar-refractivity contribution in [3.63, 3.8) is 0 Å². The number of thiophene rings is 1. The van der Waals surface area contributed by atoms with Gasteiger partial charge in [0.15, 0.2) is 0 Å². The summed E-state index contributed by atoms with van der Waals surface area (Å²) in [4.78, 5) is 34.6. The molecule has 7 heteroatoms. The van der Waals surface area contributed by atoms with Gasteiger partial charge in [-0.25, -0.2) is 4.98 Å². The first kappa shape index (κ1) is 20.8. The summed E-state index contributed by atoms with van der Waals surface area (Å²) in [5.41, 5.74) is 1.37. The molecule has 0 saturated heterocycles. The molecule has 0 aliphatic heterocycles. The Morgan fingerprint density at radius 1 is 1.37 bits per heavy atom. The van der Waals surface area contributed by atoms with Crippen LogP contribution in [0.15, 0.2) is 21.3 Å². The number of carbonyl (C=O) groups is 1. The molecule has 30 heavy (non-hydrogen) atoms. The van der Waals surface area contributed by atoms with Crippen LogP contribution in [0.4, 0.5) is 0 Å². The molecule has 0 saturated carbocycles. The molecular formula is C23H29N3O3S. The van der Waals surface area contributed by atoms with Gasteiger partial charge in [0, 0.05) is 17.7 Å². The van der Waals surface area contributed by atoms with E-state index in [1.807, 2.05) is 19.1 Å². The number of hydrogen-bond acceptors (Lipinski definition) is 5. The average Bonchev–Trinajstić information content (AvgIpc) is 3.26. The molecule has 2 N–H and O–H groups in total. The molecule has 0 fully saturated rings. The Bertz CT molecular complexity index is 1130. The Kier molecular flexibility index (Phi) is 5.57. The van der Waals surface area contributed by atoms with Gasteiger partial charge >= 0.3 is 0 Å². The zero-order valence-corrected chi connectivity index (χ0v) is 18.9. The van der Waals surface area contributed by atoms with E-state index in [0.717, 1.165) is 41.0 Å². The molecule has 3 aromatic rings. The highest BCUT2D eigenvalue weighted by Crippen LogP contribution is 2.41. The van der Waals surface area contributed by atoms with E-state index in [1.165, 1.54) is 10.4 Å². The maximum Gasteiger partial charge on any atom is 0.259 e. The second kappa shape index (κ2) is 8.02. The molecule has 0 bridgehead atoms. The van der Waals surface area contributed by atoms with Crippen molar-refractivity contribution >= 4 is 27.5 Å². The number of furan rings is 1. The van der Waals surface area contributed by atoms with E-state index in [0.29, 0.717) is 24.7 Å². The second-order valence-corrected chi connectivity index (χ2v) is 10.4. The number of aryl methyl sites for hydroxylation is 3. The Hall–Kier alpha value is -2.41. The lowest BCUT2D eigenvalue weighted by Crippen LogP contribution is -2.26. The van der Waals surface area contributed by atoms with Crippen LogP contribution in [0.1, 0.15) is 61.4 Å². The van der Waals surface area contributed by atoms with Crippen LogP contribution < -0.4 is 10.9 Å². The Morgan fingerprint density at radius 3 is 2.87 bits per heavy atom.